The topological polar surface area (TPSA) is 65.5 Å². The van der Waals surface area contributed by atoms with Crippen LogP contribution in [-0.2, 0) is 14.3 Å². The molecule has 1 unspecified atom stereocenters. The van der Waals surface area contributed by atoms with E-state index >= 15 is 0 Å². The summed E-state index contributed by atoms with van der Waals surface area (Å²) in [5, 5.41) is 6.02. The van der Waals surface area contributed by atoms with E-state index in [4.69, 9.17) is 4.74 Å². The lowest BCUT2D eigenvalue weighted by molar-refractivity contribution is -0.149. The molecule has 0 aliphatic carbocycles. The fourth-order valence-electron chi connectivity index (χ4n) is 3.54. The van der Waals surface area contributed by atoms with E-state index in [1.165, 1.54) is 0 Å². The van der Waals surface area contributed by atoms with Gasteiger partial charge in [-0.25, -0.2) is 0 Å². The monoisotopic (exact) mass is 358 g/mol. The molecule has 2 aliphatic rings. The van der Waals surface area contributed by atoms with Crippen molar-refractivity contribution in [1.29, 1.82) is 0 Å². The second kappa shape index (κ2) is 7.86. The van der Waals surface area contributed by atoms with Gasteiger partial charge in [0.25, 0.3) is 5.91 Å². The number of anilines is 1. The molecule has 2 aliphatic heterocycles. The van der Waals surface area contributed by atoms with E-state index in [0.717, 1.165) is 30.6 Å². The van der Waals surface area contributed by atoms with Crippen LogP contribution in [0, 0.1) is 5.92 Å². The molecule has 7 nitrogen and oxygen atoms in total. The quantitative estimate of drug-likeness (QED) is 0.590. The van der Waals surface area contributed by atoms with E-state index in [9.17, 15) is 9.59 Å². The molecule has 3 rings (SSSR count). The lowest BCUT2D eigenvalue weighted by atomic mass is 9.98. The zero-order chi connectivity index (χ0) is 18.7. The maximum atomic E-state index is 12.9. The highest BCUT2D eigenvalue weighted by Crippen LogP contribution is 2.30. The first-order valence-corrected chi connectivity index (χ1v) is 9.07. The molecule has 1 atom stereocenters. The molecule has 2 heterocycles. The van der Waals surface area contributed by atoms with E-state index in [1.807, 2.05) is 31.2 Å². The summed E-state index contributed by atoms with van der Waals surface area (Å²) in [7, 11) is 3.61. The Morgan fingerprint density at radius 1 is 1.35 bits per heavy atom. The van der Waals surface area contributed by atoms with Crippen LogP contribution in [0.4, 0.5) is 5.69 Å². The van der Waals surface area contributed by atoms with Crippen molar-refractivity contribution in [2.75, 3.05) is 45.4 Å². The average molecular weight is 358 g/mol. The van der Waals surface area contributed by atoms with E-state index in [1.54, 1.807) is 24.0 Å². The van der Waals surface area contributed by atoms with Crippen LogP contribution in [0.5, 0.6) is 0 Å². The van der Waals surface area contributed by atoms with Gasteiger partial charge >= 0.3 is 5.97 Å². The van der Waals surface area contributed by atoms with Crippen LogP contribution < -0.4 is 4.90 Å². The van der Waals surface area contributed by atoms with Crippen LogP contribution in [0.25, 0.3) is 0 Å². The number of hydrogen-bond donors (Lipinski definition) is 0. The molecule has 1 amide bonds. The third-order valence-electron chi connectivity index (χ3n) is 4.66. The maximum absolute atomic E-state index is 12.9. The Bertz CT molecular complexity index is 716. The molecular weight excluding hydrogens is 332 g/mol. The highest BCUT2D eigenvalue weighted by Gasteiger charge is 2.36. The largest absolute Gasteiger partial charge is 0.466 e. The molecule has 0 N–H and O–H groups in total. The number of hydrazone groups is 1. The van der Waals surface area contributed by atoms with Crippen LogP contribution in [-0.4, -0.2) is 68.0 Å². The van der Waals surface area contributed by atoms with Gasteiger partial charge in [-0.05, 0) is 32.4 Å². The molecule has 0 saturated carbocycles. The van der Waals surface area contributed by atoms with E-state index < -0.39 is 0 Å². The number of esters is 1. The molecule has 1 aromatic rings. The van der Waals surface area contributed by atoms with E-state index in [0.29, 0.717) is 25.5 Å². The first-order chi connectivity index (χ1) is 12.5. The predicted molar refractivity (Wildman–Crippen MR) is 99.9 cm³/mol. The van der Waals surface area contributed by atoms with Crippen LogP contribution in [0.3, 0.4) is 0 Å². The van der Waals surface area contributed by atoms with Crippen molar-refractivity contribution in [3.63, 3.8) is 0 Å². The molecule has 0 spiro atoms. The standard InChI is InChI=1S/C19H26N4O3/c1-4-26-19(25)14-8-7-11-22(12-14)13-23-16-10-6-5-9-15(16)17(18(23)24)20-21(2)3/h5-6,9-10,14H,4,7-8,11-13H2,1-3H3/b20-17-. The van der Waals surface area contributed by atoms with Gasteiger partial charge in [0.15, 0.2) is 5.71 Å². The second-order valence-corrected chi connectivity index (χ2v) is 6.86. The number of piperidine rings is 1. The summed E-state index contributed by atoms with van der Waals surface area (Å²) < 4.78 is 5.17. The first-order valence-electron chi connectivity index (χ1n) is 9.07. The van der Waals surface area contributed by atoms with Crippen LogP contribution >= 0.6 is 0 Å². The zero-order valence-corrected chi connectivity index (χ0v) is 15.6. The fourth-order valence-corrected chi connectivity index (χ4v) is 3.54. The van der Waals surface area contributed by atoms with Crippen molar-refractivity contribution in [2.45, 2.75) is 19.8 Å². The summed E-state index contributed by atoms with van der Waals surface area (Å²) in [4.78, 5) is 28.9. The van der Waals surface area contributed by atoms with Gasteiger partial charge in [0.05, 0.1) is 24.9 Å². The molecule has 1 aromatic carbocycles. The van der Waals surface area contributed by atoms with Gasteiger partial charge in [0.2, 0.25) is 0 Å². The number of rotatable bonds is 5. The van der Waals surface area contributed by atoms with Gasteiger partial charge < -0.3 is 9.75 Å². The SMILES string of the molecule is CCOC(=O)C1CCCN(CN2C(=O)/C(=N\N(C)C)c3ccccc32)C1. The third kappa shape index (κ3) is 3.72. The number of nitrogens with zero attached hydrogens (tertiary/aromatic N) is 4. The number of fused-ring (bicyclic) bond motifs is 1. The Kier molecular flexibility index (Phi) is 5.56. The molecule has 1 saturated heterocycles. The van der Waals surface area contributed by atoms with Crippen LogP contribution in [0.2, 0.25) is 0 Å². The Labute approximate surface area is 154 Å². The number of ether oxygens (including phenoxy) is 1. The Hall–Kier alpha value is -2.41. The number of likely N-dealkylation sites (tertiary alicyclic amines) is 1. The minimum atomic E-state index is -0.139. The number of carbonyl (C=O) groups is 2. The summed E-state index contributed by atoms with van der Waals surface area (Å²) in [5.41, 5.74) is 2.19. The molecule has 26 heavy (non-hydrogen) atoms. The molecule has 0 bridgehead atoms. The van der Waals surface area contributed by atoms with Crippen LogP contribution in [0.15, 0.2) is 29.4 Å². The van der Waals surface area contributed by atoms with Gasteiger partial charge in [-0.15, -0.1) is 0 Å². The number of para-hydroxylation sites is 1. The fraction of sp³-hybridized carbons (Fsp3) is 0.526. The van der Waals surface area contributed by atoms with Crippen molar-refractivity contribution in [2.24, 2.45) is 11.0 Å². The normalized spacial score (nSPS) is 21.8. The Morgan fingerprint density at radius 2 is 2.12 bits per heavy atom. The Balaban J connectivity index is 1.77. The summed E-state index contributed by atoms with van der Waals surface area (Å²) in [6.07, 6.45) is 1.76. The smallest absolute Gasteiger partial charge is 0.310 e. The number of amides is 1. The van der Waals surface area contributed by atoms with Crippen molar-refractivity contribution in [1.82, 2.24) is 9.91 Å². The predicted octanol–water partition coefficient (Wildman–Crippen LogP) is 1.53. The molecular formula is C19H26N4O3. The maximum Gasteiger partial charge on any atom is 0.310 e. The van der Waals surface area contributed by atoms with Gasteiger partial charge in [-0.2, -0.15) is 5.10 Å². The van der Waals surface area contributed by atoms with Gasteiger partial charge in [-0.3, -0.25) is 19.4 Å². The summed E-state index contributed by atoms with van der Waals surface area (Å²) in [6.45, 7) is 4.16. The average Bonchev–Trinajstić information content (AvgIpc) is 2.88. The Morgan fingerprint density at radius 3 is 2.85 bits per heavy atom. The summed E-state index contributed by atoms with van der Waals surface area (Å²) in [5.74, 6) is -0.357. The zero-order valence-electron chi connectivity index (χ0n) is 15.6. The minimum absolute atomic E-state index is 0.0989. The van der Waals surface area contributed by atoms with Gasteiger partial charge in [-0.1, -0.05) is 18.2 Å². The highest BCUT2D eigenvalue weighted by atomic mass is 16.5. The minimum Gasteiger partial charge on any atom is -0.466 e. The first kappa shape index (κ1) is 18.4. The molecule has 140 valence electrons. The van der Waals surface area contributed by atoms with Crippen molar-refractivity contribution < 1.29 is 14.3 Å². The van der Waals surface area contributed by atoms with Crippen molar-refractivity contribution in [3.8, 4) is 0 Å². The third-order valence-corrected chi connectivity index (χ3v) is 4.66. The van der Waals surface area contributed by atoms with E-state index in [-0.39, 0.29) is 17.8 Å². The van der Waals surface area contributed by atoms with Crippen molar-refractivity contribution >= 4 is 23.3 Å². The van der Waals surface area contributed by atoms with E-state index in [2.05, 4.69) is 10.0 Å². The van der Waals surface area contributed by atoms with Crippen molar-refractivity contribution in [3.05, 3.63) is 29.8 Å². The summed E-state index contributed by atoms with van der Waals surface area (Å²) in [6, 6.07) is 7.71. The molecule has 0 aromatic heterocycles. The number of hydrogen-bond acceptors (Lipinski definition) is 6. The lowest BCUT2D eigenvalue weighted by Gasteiger charge is -2.34. The molecule has 1 fully saturated rings. The number of benzene rings is 1. The van der Waals surface area contributed by atoms with Gasteiger partial charge in [0, 0.05) is 26.2 Å². The second-order valence-electron chi connectivity index (χ2n) is 6.86. The summed E-state index contributed by atoms with van der Waals surface area (Å²) >= 11 is 0. The number of carbonyl (C=O) groups excluding carboxylic acids is 2. The lowest BCUT2D eigenvalue weighted by Crippen LogP contribution is -2.47. The van der Waals surface area contributed by atoms with Gasteiger partial charge in [0.1, 0.15) is 0 Å². The highest BCUT2D eigenvalue weighted by molar-refractivity contribution is 6.54. The molecule has 0 radical (unpaired) electrons. The van der Waals surface area contributed by atoms with Crippen LogP contribution in [0.1, 0.15) is 25.3 Å². The molecule has 7 heteroatoms.